The zero-order valence-corrected chi connectivity index (χ0v) is 16.2. The van der Waals surface area contributed by atoms with Crippen molar-refractivity contribution >= 4 is 21.8 Å². The fourth-order valence-corrected chi connectivity index (χ4v) is 5.07. The van der Waals surface area contributed by atoms with Gasteiger partial charge >= 0.3 is 6.09 Å². The number of carbonyl (C=O) groups is 2. The number of carbonyl (C=O) groups excluding carboxylic acids is 2. The van der Waals surface area contributed by atoms with E-state index in [9.17, 15) is 18.0 Å². The summed E-state index contributed by atoms with van der Waals surface area (Å²) in [6.07, 6.45) is 3.39. The third-order valence-corrected chi connectivity index (χ3v) is 6.50. The number of ether oxygens (including phenoxy) is 1. The molecule has 0 aromatic rings. The Kier molecular flexibility index (Phi) is 6.35. The Morgan fingerprint density at radius 3 is 2.24 bits per heavy atom. The molecule has 2 rings (SSSR count). The first-order valence-corrected chi connectivity index (χ1v) is 10.8. The van der Waals surface area contributed by atoms with E-state index in [1.165, 1.54) is 0 Å². The highest BCUT2D eigenvalue weighted by Crippen LogP contribution is 2.29. The van der Waals surface area contributed by atoms with Gasteiger partial charge in [0.2, 0.25) is 5.91 Å². The zero-order valence-electron chi connectivity index (χ0n) is 15.3. The van der Waals surface area contributed by atoms with Crippen molar-refractivity contribution in [3.8, 4) is 0 Å². The van der Waals surface area contributed by atoms with Gasteiger partial charge in [0, 0.05) is 18.5 Å². The van der Waals surface area contributed by atoms with Gasteiger partial charge in [0.05, 0.1) is 11.5 Å². The summed E-state index contributed by atoms with van der Waals surface area (Å²) in [5, 5.41) is 5.68. The third kappa shape index (κ3) is 6.84. The maximum Gasteiger partial charge on any atom is 0.407 e. The second-order valence-corrected chi connectivity index (χ2v) is 10.4. The van der Waals surface area contributed by atoms with Crippen molar-refractivity contribution in [2.75, 3.05) is 18.1 Å². The molecule has 144 valence electrons. The summed E-state index contributed by atoms with van der Waals surface area (Å²) in [5.74, 6) is 0.500. The van der Waals surface area contributed by atoms with Gasteiger partial charge in [-0.15, -0.1) is 0 Å². The molecule has 7 nitrogen and oxygen atoms in total. The van der Waals surface area contributed by atoms with Crippen molar-refractivity contribution in [3.63, 3.8) is 0 Å². The third-order valence-electron chi connectivity index (χ3n) is 4.73. The minimum atomic E-state index is -2.98. The Labute approximate surface area is 150 Å². The van der Waals surface area contributed by atoms with E-state index in [0.29, 0.717) is 18.9 Å². The fraction of sp³-hybridized carbons (Fsp3) is 0.882. The topological polar surface area (TPSA) is 102 Å². The average molecular weight is 375 g/mol. The Hall–Kier alpha value is -1.31. The maximum atomic E-state index is 12.3. The van der Waals surface area contributed by atoms with Gasteiger partial charge in [0.25, 0.3) is 0 Å². The lowest BCUT2D eigenvalue weighted by Gasteiger charge is -2.29. The van der Waals surface area contributed by atoms with Crippen molar-refractivity contribution in [2.24, 2.45) is 11.8 Å². The lowest BCUT2D eigenvalue weighted by Crippen LogP contribution is -2.41. The molecule has 1 atom stereocenters. The normalized spacial score (nSPS) is 29.0. The largest absolute Gasteiger partial charge is 0.444 e. The monoisotopic (exact) mass is 374 g/mol. The van der Waals surface area contributed by atoms with Gasteiger partial charge in [0.15, 0.2) is 9.84 Å². The smallest absolute Gasteiger partial charge is 0.407 e. The van der Waals surface area contributed by atoms with Crippen LogP contribution < -0.4 is 10.6 Å². The second kappa shape index (κ2) is 7.93. The molecule has 0 spiro atoms. The lowest BCUT2D eigenvalue weighted by molar-refractivity contribution is -0.126. The Balaban J connectivity index is 1.67. The van der Waals surface area contributed by atoms with E-state index in [1.54, 1.807) is 0 Å². The number of rotatable bonds is 4. The predicted octanol–water partition coefficient (Wildman–Crippen LogP) is 1.62. The average Bonchev–Trinajstić information content (AvgIpc) is 2.83. The van der Waals surface area contributed by atoms with E-state index in [0.717, 1.165) is 25.7 Å². The molecule has 0 aromatic heterocycles. The number of hydrogen-bond acceptors (Lipinski definition) is 5. The summed E-state index contributed by atoms with van der Waals surface area (Å²) in [5.41, 5.74) is -0.506. The molecule has 0 aromatic carbocycles. The fourth-order valence-electron chi connectivity index (χ4n) is 3.40. The van der Waals surface area contributed by atoms with Crippen LogP contribution in [0.2, 0.25) is 0 Å². The molecule has 1 aliphatic heterocycles. The molecule has 0 unspecified atom stereocenters. The number of nitrogens with one attached hydrogen (secondary N) is 2. The molecule has 1 aliphatic carbocycles. The van der Waals surface area contributed by atoms with E-state index in [-0.39, 0.29) is 29.4 Å². The van der Waals surface area contributed by atoms with Crippen LogP contribution in [0.1, 0.15) is 52.9 Å². The van der Waals surface area contributed by atoms with Crippen LogP contribution in [0.3, 0.4) is 0 Å². The maximum absolute atomic E-state index is 12.3. The molecule has 0 radical (unpaired) electrons. The molecule has 0 bridgehead atoms. The van der Waals surface area contributed by atoms with Crippen LogP contribution >= 0.6 is 0 Å². The second-order valence-electron chi connectivity index (χ2n) is 8.21. The van der Waals surface area contributed by atoms with E-state index in [2.05, 4.69) is 10.6 Å². The number of sulfone groups is 1. The summed E-state index contributed by atoms with van der Waals surface area (Å²) in [7, 11) is -2.98. The molecular formula is C17H30N2O5S. The Morgan fingerprint density at radius 2 is 1.72 bits per heavy atom. The van der Waals surface area contributed by atoms with Crippen LogP contribution in [-0.4, -0.2) is 50.1 Å². The standard InChI is InChI=1S/C17H30N2O5S/c1-17(2,3)24-16(21)18-10-12-4-6-13(7-5-12)15(20)19-14-8-9-25(22,23)11-14/h12-14H,4-11H2,1-3H3,(H,18,21)(H,19,20)/t12?,13?,14-/m0/s1. The first-order chi connectivity index (χ1) is 11.5. The van der Waals surface area contributed by atoms with Gasteiger partial charge in [-0.2, -0.15) is 0 Å². The predicted molar refractivity (Wildman–Crippen MR) is 94.9 cm³/mol. The Morgan fingerprint density at radius 1 is 1.08 bits per heavy atom. The number of amides is 2. The highest BCUT2D eigenvalue weighted by atomic mass is 32.2. The molecule has 8 heteroatoms. The summed E-state index contributed by atoms with van der Waals surface area (Å²) in [6, 6.07) is -0.232. The molecule has 2 amide bonds. The van der Waals surface area contributed by atoms with Crippen molar-refractivity contribution in [2.45, 2.75) is 64.5 Å². The van der Waals surface area contributed by atoms with Gasteiger partial charge in [-0.05, 0) is 58.8 Å². The first kappa shape index (κ1) is 20.0. The summed E-state index contributed by atoms with van der Waals surface area (Å²) in [6.45, 7) is 6.04. The van der Waals surface area contributed by atoms with E-state index in [4.69, 9.17) is 4.74 Å². The summed E-state index contributed by atoms with van der Waals surface area (Å²) < 4.78 is 28.1. The van der Waals surface area contributed by atoms with Crippen LogP contribution in [0.5, 0.6) is 0 Å². The lowest BCUT2D eigenvalue weighted by atomic mass is 9.81. The van der Waals surface area contributed by atoms with E-state index < -0.39 is 21.5 Å². The van der Waals surface area contributed by atoms with Gasteiger partial charge in [-0.25, -0.2) is 13.2 Å². The molecule has 2 N–H and O–H groups in total. The van der Waals surface area contributed by atoms with Gasteiger partial charge < -0.3 is 15.4 Å². The molecule has 2 aliphatic rings. The highest BCUT2D eigenvalue weighted by Gasteiger charge is 2.32. The van der Waals surface area contributed by atoms with Crippen LogP contribution in [0, 0.1) is 11.8 Å². The van der Waals surface area contributed by atoms with E-state index in [1.807, 2.05) is 20.8 Å². The highest BCUT2D eigenvalue weighted by molar-refractivity contribution is 7.91. The zero-order chi connectivity index (χ0) is 18.7. The van der Waals surface area contributed by atoms with Crippen molar-refractivity contribution in [3.05, 3.63) is 0 Å². The van der Waals surface area contributed by atoms with Crippen LogP contribution in [0.15, 0.2) is 0 Å². The van der Waals surface area contributed by atoms with Crippen molar-refractivity contribution in [1.82, 2.24) is 10.6 Å². The summed E-state index contributed by atoms with van der Waals surface area (Å²) in [4.78, 5) is 24.0. The molecule has 2 fully saturated rings. The molecular weight excluding hydrogens is 344 g/mol. The minimum absolute atomic E-state index is 0.0272. The van der Waals surface area contributed by atoms with Crippen molar-refractivity contribution < 1.29 is 22.7 Å². The molecule has 1 heterocycles. The quantitative estimate of drug-likeness (QED) is 0.779. The summed E-state index contributed by atoms with van der Waals surface area (Å²) >= 11 is 0. The minimum Gasteiger partial charge on any atom is -0.444 e. The number of alkyl carbamates (subject to hydrolysis) is 1. The first-order valence-electron chi connectivity index (χ1n) is 9.02. The van der Waals surface area contributed by atoms with Gasteiger partial charge in [-0.3, -0.25) is 4.79 Å². The van der Waals surface area contributed by atoms with Crippen molar-refractivity contribution in [1.29, 1.82) is 0 Å². The number of hydrogen-bond donors (Lipinski definition) is 2. The van der Waals surface area contributed by atoms with Gasteiger partial charge in [0.1, 0.15) is 5.60 Å². The Bertz CT molecular complexity index is 589. The van der Waals surface area contributed by atoms with Gasteiger partial charge in [-0.1, -0.05) is 0 Å². The molecule has 1 saturated heterocycles. The van der Waals surface area contributed by atoms with Crippen LogP contribution in [0.4, 0.5) is 4.79 Å². The van der Waals surface area contributed by atoms with Crippen LogP contribution in [-0.2, 0) is 19.4 Å². The molecule has 1 saturated carbocycles. The van der Waals surface area contributed by atoms with E-state index >= 15 is 0 Å². The SMILES string of the molecule is CC(C)(C)OC(=O)NCC1CCC(C(=O)N[C@H]2CCS(=O)(=O)C2)CC1. The van der Waals surface area contributed by atoms with Crippen LogP contribution in [0.25, 0.3) is 0 Å². The molecule has 25 heavy (non-hydrogen) atoms.